The molecule has 1 aromatic carbocycles. The minimum atomic E-state index is -0.847. The van der Waals surface area contributed by atoms with Crippen LogP contribution in [0.25, 0.3) is 0 Å². The molecule has 1 atom stereocenters. The molecule has 128 valence electrons. The van der Waals surface area contributed by atoms with Crippen molar-refractivity contribution in [3.05, 3.63) is 55.6 Å². The van der Waals surface area contributed by atoms with Crippen LogP contribution >= 0.6 is 11.3 Å². The summed E-state index contributed by atoms with van der Waals surface area (Å²) in [6.45, 7) is 7.55. The monoisotopic (exact) mass is 347 g/mol. The molecule has 0 amide bonds. The quantitative estimate of drug-likeness (QED) is 0.595. The topological polar surface area (TPSA) is 65.4 Å². The molecule has 2 aromatic rings. The van der Waals surface area contributed by atoms with Crippen molar-refractivity contribution in [2.24, 2.45) is 0 Å². The number of esters is 1. The predicted octanol–water partition coefficient (Wildman–Crippen LogP) is 3.04. The summed E-state index contributed by atoms with van der Waals surface area (Å²) in [5.74, 6) is -0.715. The number of Topliss-reactive ketones (excluding diaryl/α,β-unsaturated/α-hetero) is 1. The van der Waals surface area contributed by atoms with E-state index in [9.17, 15) is 14.4 Å². The van der Waals surface area contributed by atoms with E-state index in [0.29, 0.717) is 5.56 Å². The second kappa shape index (κ2) is 7.57. The third-order valence-corrected chi connectivity index (χ3v) is 4.87. The maximum absolute atomic E-state index is 12.4. The predicted molar refractivity (Wildman–Crippen MR) is 93.7 cm³/mol. The summed E-state index contributed by atoms with van der Waals surface area (Å²) in [6.07, 6.45) is -0.790. The highest BCUT2D eigenvalue weighted by Gasteiger charge is 2.20. The Hall–Kier alpha value is -2.21. The van der Waals surface area contributed by atoms with Gasteiger partial charge in [-0.3, -0.25) is 14.4 Å². The second-order valence-electron chi connectivity index (χ2n) is 5.84. The van der Waals surface area contributed by atoms with Crippen LogP contribution in [0.15, 0.2) is 28.4 Å². The average Bonchev–Trinajstić information content (AvgIpc) is 2.85. The number of ketones is 1. The SMILES string of the molecule is Cc1ccc(C(=O)C(C)OC(=O)CCn2c(C)csc2=O)cc1C. The summed E-state index contributed by atoms with van der Waals surface area (Å²) in [7, 11) is 0. The van der Waals surface area contributed by atoms with E-state index in [4.69, 9.17) is 4.74 Å². The Balaban J connectivity index is 1.94. The number of carbonyl (C=O) groups excluding carboxylic acids is 2. The van der Waals surface area contributed by atoms with Crippen molar-refractivity contribution in [3.8, 4) is 0 Å². The van der Waals surface area contributed by atoms with Crippen LogP contribution in [0.1, 0.15) is 40.5 Å². The van der Waals surface area contributed by atoms with Gasteiger partial charge in [0.15, 0.2) is 6.10 Å². The zero-order valence-corrected chi connectivity index (χ0v) is 15.1. The van der Waals surface area contributed by atoms with Gasteiger partial charge in [-0.2, -0.15) is 0 Å². The first-order valence-electron chi connectivity index (χ1n) is 7.75. The third-order valence-electron chi connectivity index (χ3n) is 3.98. The van der Waals surface area contributed by atoms with E-state index in [1.807, 2.05) is 26.8 Å². The third kappa shape index (κ3) is 4.20. The van der Waals surface area contributed by atoms with Crippen LogP contribution < -0.4 is 4.87 Å². The van der Waals surface area contributed by atoms with E-state index in [-0.39, 0.29) is 23.6 Å². The lowest BCUT2D eigenvalue weighted by Crippen LogP contribution is -2.26. The van der Waals surface area contributed by atoms with Gasteiger partial charge >= 0.3 is 10.8 Å². The van der Waals surface area contributed by atoms with Gasteiger partial charge in [0.2, 0.25) is 5.78 Å². The smallest absolute Gasteiger partial charge is 0.308 e. The van der Waals surface area contributed by atoms with Gasteiger partial charge in [-0.1, -0.05) is 23.5 Å². The van der Waals surface area contributed by atoms with Crippen molar-refractivity contribution in [2.45, 2.75) is 46.8 Å². The first-order chi connectivity index (χ1) is 11.3. The molecule has 0 fully saturated rings. The van der Waals surface area contributed by atoms with E-state index in [1.54, 1.807) is 24.4 Å². The molecule has 0 aliphatic rings. The highest BCUT2D eigenvalue weighted by Crippen LogP contribution is 2.13. The number of aromatic nitrogens is 1. The lowest BCUT2D eigenvalue weighted by molar-refractivity contribution is -0.146. The van der Waals surface area contributed by atoms with Crippen LogP contribution in [0.2, 0.25) is 0 Å². The van der Waals surface area contributed by atoms with Crippen LogP contribution in [0, 0.1) is 20.8 Å². The fourth-order valence-electron chi connectivity index (χ4n) is 2.32. The summed E-state index contributed by atoms with van der Waals surface area (Å²) in [6, 6.07) is 5.42. The zero-order valence-electron chi connectivity index (χ0n) is 14.3. The summed E-state index contributed by atoms with van der Waals surface area (Å²) in [5, 5.41) is 1.75. The number of benzene rings is 1. The Kier molecular flexibility index (Phi) is 5.72. The maximum Gasteiger partial charge on any atom is 0.308 e. The molecule has 1 aromatic heterocycles. The van der Waals surface area contributed by atoms with Crippen LogP contribution in [-0.2, 0) is 16.1 Å². The highest BCUT2D eigenvalue weighted by atomic mass is 32.1. The van der Waals surface area contributed by atoms with Crippen LogP contribution in [0.4, 0.5) is 0 Å². The van der Waals surface area contributed by atoms with E-state index >= 15 is 0 Å². The van der Waals surface area contributed by atoms with Gasteiger partial charge < -0.3 is 9.30 Å². The normalized spacial score (nSPS) is 12.0. The van der Waals surface area contributed by atoms with Gasteiger partial charge in [-0.15, -0.1) is 0 Å². The molecule has 0 aliphatic heterocycles. The number of thiazole rings is 1. The molecular weight excluding hydrogens is 326 g/mol. The van der Waals surface area contributed by atoms with Gasteiger partial charge in [0, 0.05) is 23.2 Å². The van der Waals surface area contributed by atoms with Gasteiger partial charge in [-0.05, 0) is 44.9 Å². The van der Waals surface area contributed by atoms with E-state index in [2.05, 4.69) is 0 Å². The Bertz CT molecular complexity index is 819. The lowest BCUT2D eigenvalue weighted by atomic mass is 10.0. The Morgan fingerprint density at radius 2 is 1.92 bits per heavy atom. The van der Waals surface area contributed by atoms with Gasteiger partial charge in [0.25, 0.3) is 0 Å². The standard InChI is InChI=1S/C18H21NO4S/c1-11-5-6-15(9-12(11)2)17(21)14(4)23-16(20)7-8-19-13(3)10-24-18(19)22/h5-6,9-10,14H,7-8H2,1-4H3. The van der Waals surface area contributed by atoms with Crippen molar-refractivity contribution >= 4 is 23.1 Å². The van der Waals surface area contributed by atoms with Crippen molar-refractivity contribution < 1.29 is 14.3 Å². The number of ether oxygens (including phenoxy) is 1. The van der Waals surface area contributed by atoms with Crippen LogP contribution in [0.3, 0.4) is 0 Å². The van der Waals surface area contributed by atoms with E-state index in [0.717, 1.165) is 28.2 Å². The minimum absolute atomic E-state index is 0.0576. The van der Waals surface area contributed by atoms with Crippen molar-refractivity contribution in [1.29, 1.82) is 0 Å². The number of hydrogen-bond acceptors (Lipinski definition) is 5. The minimum Gasteiger partial charge on any atom is -0.454 e. The molecule has 0 N–H and O–H groups in total. The molecule has 6 heteroatoms. The van der Waals surface area contributed by atoms with Gasteiger partial charge in [0.05, 0.1) is 6.42 Å². The fraction of sp³-hybridized carbons (Fsp3) is 0.389. The zero-order chi connectivity index (χ0) is 17.9. The number of hydrogen-bond donors (Lipinski definition) is 0. The van der Waals surface area contributed by atoms with Crippen LogP contribution in [0.5, 0.6) is 0 Å². The molecule has 1 unspecified atom stereocenters. The second-order valence-corrected chi connectivity index (χ2v) is 6.66. The molecule has 0 saturated heterocycles. The van der Waals surface area contributed by atoms with Crippen molar-refractivity contribution in [1.82, 2.24) is 4.57 Å². The Labute approximate surface area is 144 Å². The number of carbonyl (C=O) groups is 2. The molecule has 1 heterocycles. The van der Waals surface area contributed by atoms with Crippen LogP contribution in [-0.4, -0.2) is 22.4 Å². The van der Waals surface area contributed by atoms with E-state index < -0.39 is 12.1 Å². The molecule has 5 nitrogen and oxygen atoms in total. The Morgan fingerprint density at radius 3 is 2.50 bits per heavy atom. The molecule has 0 bridgehead atoms. The molecular formula is C18H21NO4S. The lowest BCUT2D eigenvalue weighted by Gasteiger charge is -2.13. The van der Waals surface area contributed by atoms with Gasteiger partial charge in [0.1, 0.15) is 0 Å². The first kappa shape index (κ1) is 18.1. The molecule has 0 aliphatic carbocycles. The average molecular weight is 347 g/mol. The molecule has 0 saturated carbocycles. The number of nitrogens with zero attached hydrogens (tertiary/aromatic N) is 1. The highest BCUT2D eigenvalue weighted by molar-refractivity contribution is 7.07. The van der Waals surface area contributed by atoms with Crippen molar-refractivity contribution in [2.75, 3.05) is 0 Å². The fourth-order valence-corrected chi connectivity index (χ4v) is 3.08. The Morgan fingerprint density at radius 1 is 1.21 bits per heavy atom. The molecule has 0 spiro atoms. The maximum atomic E-state index is 12.4. The largest absolute Gasteiger partial charge is 0.454 e. The van der Waals surface area contributed by atoms with Crippen molar-refractivity contribution in [3.63, 3.8) is 0 Å². The summed E-state index contributed by atoms with van der Waals surface area (Å²) in [4.78, 5) is 35.8. The summed E-state index contributed by atoms with van der Waals surface area (Å²) in [5.41, 5.74) is 3.47. The molecule has 0 radical (unpaired) electrons. The number of aryl methyl sites for hydroxylation is 3. The summed E-state index contributed by atoms with van der Waals surface area (Å²) < 4.78 is 6.74. The first-order valence-corrected chi connectivity index (χ1v) is 8.63. The molecule has 2 rings (SSSR count). The van der Waals surface area contributed by atoms with Gasteiger partial charge in [-0.25, -0.2) is 0 Å². The molecule has 24 heavy (non-hydrogen) atoms. The van der Waals surface area contributed by atoms with E-state index in [1.165, 1.54) is 4.57 Å². The number of rotatable bonds is 6. The summed E-state index contributed by atoms with van der Waals surface area (Å²) >= 11 is 1.10.